The predicted molar refractivity (Wildman–Crippen MR) is 89.4 cm³/mol. The number of ether oxygens (including phenoxy) is 1. The Kier molecular flexibility index (Phi) is 4.12. The van der Waals surface area contributed by atoms with E-state index in [-0.39, 0.29) is 0 Å². The quantitative estimate of drug-likeness (QED) is 0.636. The summed E-state index contributed by atoms with van der Waals surface area (Å²) in [4.78, 5) is 0. The van der Waals surface area contributed by atoms with Crippen molar-refractivity contribution in [2.75, 3.05) is 7.11 Å². The van der Waals surface area contributed by atoms with E-state index >= 15 is 0 Å². The zero-order valence-corrected chi connectivity index (χ0v) is 12.7. The van der Waals surface area contributed by atoms with Crippen molar-refractivity contribution < 1.29 is 4.74 Å². The average Bonchev–Trinajstić information content (AvgIpc) is 2.55. The fraction of sp³-hybridized carbons (Fsp3) is 0.158. The molecule has 0 fully saturated rings. The summed E-state index contributed by atoms with van der Waals surface area (Å²) in [7, 11) is 1.69. The van der Waals surface area contributed by atoms with E-state index in [9.17, 15) is 0 Å². The van der Waals surface area contributed by atoms with Crippen LogP contribution in [0.3, 0.4) is 0 Å². The molecule has 106 valence electrons. The molecule has 21 heavy (non-hydrogen) atoms. The minimum atomic E-state index is 0.818. The Morgan fingerprint density at radius 3 is 2.24 bits per heavy atom. The molecule has 0 saturated carbocycles. The third-order valence-electron chi connectivity index (χ3n) is 3.80. The molecule has 3 aromatic rings. The van der Waals surface area contributed by atoms with E-state index in [1.807, 2.05) is 24.3 Å². The predicted octanol–water partition coefficient (Wildman–Crippen LogP) is 5.29. The van der Waals surface area contributed by atoms with Crippen LogP contribution >= 0.6 is 11.6 Å². The minimum Gasteiger partial charge on any atom is -0.497 e. The molecule has 0 N–H and O–H groups in total. The number of methoxy groups -OCH3 is 1. The van der Waals surface area contributed by atoms with E-state index in [1.165, 1.54) is 16.5 Å². The molecule has 0 amide bonds. The molecule has 0 atom stereocenters. The largest absolute Gasteiger partial charge is 0.497 e. The highest BCUT2D eigenvalue weighted by Gasteiger charge is 2.04. The van der Waals surface area contributed by atoms with Crippen molar-refractivity contribution in [2.45, 2.75) is 12.8 Å². The number of halogens is 1. The van der Waals surface area contributed by atoms with Gasteiger partial charge in [-0.25, -0.2) is 0 Å². The molecule has 0 heterocycles. The van der Waals surface area contributed by atoms with Crippen molar-refractivity contribution >= 4 is 22.4 Å². The molecule has 0 unspecified atom stereocenters. The van der Waals surface area contributed by atoms with Crippen LogP contribution in [0.1, 0.15) is 11.1 Å². The number of rotatable bonds is 4. The van der Waals surface area contributed by atoms with Crippen molar-refractivity contribution in [3.8, 4) is 5.75 Å². The molecule has 3 aromatic carbocycles. The zero-order valence-electron chi connectivity index (χ0n) is 12.0. The monoisotopic (exact) mass is 296 g/mol. The first-order valence-electron chi connectivity index (χ1n) is 7.07. The van der Waals surface area contributed by atoms with E-state index in [1.54, 1.807) is 7.11 Å². The summed E-state index contributed by atoms with van der Waals surface area (Å²) < 4.78 is 5.19. The average molecular weight is 297 g/mol. The minimum absolute atomic E-state index is 0.818. The number of benzene rings is 3. The third kappa shape index (κ3) is 3.03. The number of fused-ring (bicyclic) bond motifs is 1. The fourth-order valence-electron chi connectivity index (χ4n) is 2.61. The van der Waals surface area contributed by atoms with Crippen LogP contribution in [-0.4, -0.2) is 7.11 Å². The third-order valence-corrected chi connectivity index (χ3v) is 4.13. The van der Waals surface area contributed by atoms with Gasteiger partial charge in [0.1, 0.15) is 5.75 Å². The summed E-state index contributed by atoms with van der Waals surface area (Å²) in [6, 6.07) is 20.7. The van der Waals surface area contributed by atoms with Gasteiger partial charge in [0.15, 0.2) is 0 Å². The highest BCUT2D eigenvalue weighted by Crippen LogP contribution is 2.27. The number of hydrogen-bond acceptors (Lipinski definition) is 1. The number of hydrogen-bond donors (Lipinski definition) is 0. The van der Waals surface area contributed by atoms with Crippen LogP contribution in [0.25, 0.3) is 10.8 Å². The molecule has 0 saturated heterocycles. The van der Waals surface area contributed by atoms with Crippen molar-refractivity contribution in [2.24, 2.45) is 0 Å². The van der Waals surface area contributed by atoms with Gasteiger partial charge in [-0.3, -0.25) is 0 Å². The highest BCUT2D eigenvalue weighted by molar-refractivity contribution is 6.35. The lowest BCUT2D eigenvalue weighted by Crippen LogP contribution is -1.93. The molecule has 0 aliphatic rings. The lowest BCUT2D eigenvalue weighted by Gasteiger charge is -2.08. The van der Waals surface area contributed by atoms with Gasteiger partial charge in [0, 0.05) is 10.4 Å². The van der Waals surface area contributed by atoms with Gasteiger partial charge in [-0.1, -0.05) is 54.1 Å². The molecule has 0 radical (unpaired) electrons. The zero-order chi connectivity index (χ0) is 14.7. The molecule has 0 aliphatic heterocycles. The second kappa shape index (κ2) is 6.19. The van der Waals surface area contributed by atoms with Crippen LogP contribution in [0.2, 0.25) is 5.02 Å². The number of aryl methyl sites for hydroxylation is 2. The van der Waals surface area contributed by atoms with E-state index < -0.39 is 0 Å². The van der Waals surface area contributed by atoms with E-state index in [0.717, 1.165) is 29.0 Å². The topological polar surface area (TPSA) is 9.23 Å². The maximum absolute atomic E-state index is 6.27. The normalized spacial score (nSPS) is 10.8. The first-order chi connectivity index (χ1) is 10.3. The van der Waals surface area contributed by atoms with Gasteiger partial charge in [0.2, 0.25) is 0 Å². The van der Waals surface area contributed by atoms with E-state index in [4.69, 9.17) is 16.3 Å². The summed E-state index contributed by atoms with van der Waals surface area (Å²) in [6.45, 7) is 0. The molecule has 0 spiro atoms. The van der Waals surface area contributed by atoms with Gasteiger partial charge in [-0.05, 0) is 47.6 Å². The Morgan fingerprint density at radius 1 is 0.810 bits per heavy atom. The Labute approximate surface area is 130 Å². The van der Waals surface area contributed by atoms with E-state index in [2.05, 4.69) is 36.4 Å². The van der Waals surface area contributed by atoms with Crippen LogP contribution in [0.4, 0.5) is 0 Å². The standard InChI is InChI=1S/C19H17ClO/c1-21-16-11-7-14(8-12-16)6-9-15-10-13-19(20)18-5-3-2-4-17(15)18/h2-5,7-8,10-13H,6,9H2,1H3. The molecule has 3 rings (SSSR count). The second-order valence-corrected chi connectivity index (χ2v) is 5.51. The van der Waals surface area contributed by atoms with Crippen LogP contribution in [-0.2, 0) is 12.8 Å². The Morgan fingerprint density at radius 2 is 1.52 bits per heavy atom. The van der Waals surface area contributed by atoms with Gasteiger partial charge >= 0.3 is 0 Å². The second-order valence-electron chi connectivity index (χ2n) is 5.10. The van der Waals surface area contributed by atoms with Gasteiger partial charge in [-0.15, -0.1) is 0 Å². The van der Waals surface area contributed by atoms with E-state index in [0.29, 0.717) is 0 Å². The van der Waals surface area contributed by atoms with Gasteiger partial charge in [-0.2, -0.15) is 0 Å². The summed E-state index contributed by atoms with van der Waals surface area (Å²) in [6.07, 6.45) is 2.01. The highest BCUT2D eigenvalue weighted by atomic mass is 35.5. The fourth-order valence-corrected chi connectivity index (χ4v) is 2.84. The van der Waals surface area contributed by atoms with Crippen LogP contribution < -0.4 is 4.74 Å². The van der Waals surface area contributed by atoms with Crippen molar-refractivity contribution in [3.05, 3.63) is 76.8 Å². The van der Waals surface area contributed by atoms with Crippen molar-refractivity contribution in [3.63, 3.8) is 0 Å². The van der Waals surface area contributed by atoms with Crippen LogP contribution in [0.5, 0.6) is 5.75 Å². The Hall–Kier alpha value is -1.99. The van der Waals surface area contributed by atoms with Crippen molar-refractivity contribution in [1.82, 2.24) is 0 Å². The van der Waals surface area contributed by atoms with Gasteiger partial charge in [0.05, 0.1) is 7.11 Å². The summed E-state index contributed by atoms with van der Waals surface area (Å²) in [5, 5.41) is 3.20. The Balaban J connectivity index is 1.83. The maximum Gasteiger partial charge on any atom is 0.118 e. The summed E-state index contributed by atoms with van der Waals surface area (Å²) in [5.74, 6) is 0.899. The smallest absolute Gasteiger partial charge is 0.118 e. The SMILES string of the molecule is COc1ccc(CCc2ccc(Cl)c3ccccc23)cc1. The van der Waals surface area contributed by atoms with Crippen molar-refractivity contribution in [1.29, 1.82) is 0 Å². The van der Waals surface area contributed by atoms with Crippen LogP contribution in [0, 0.1) is 0 Å². The molecule has 2 heteroatoms. The molecular formula is C19H17ClO. The molecule has 0 aliphatic carbocycles. The van der Waals surface area contributed by atoms with Gasteiger partial charge < -0.3 is 4.74 Å². The molecule has 0 bridgehead atoms. The van der Waals surface area contributed by atoms with Gasteiger partial charge in [0.25, 0.3) is 0 Å². The summed E-state index contributed by atoms with van der Waals surface area (Å²) >= 11 is 6.27. The maximum atomic E-state index is 6.27. The lowest BCUT2D eigenvalue weighted by molar-refractivity contribution is 0.414. The molecule has 0 aromatic heterocycles. The molecular weight excluding hydrogens is 280 g/mol. The first-order valence-corrected chi connectivity index (χ1v) is 7.45. The Bertz CT molecular complexity index is 747. The van der Waals surface area contributed by atoms with Crippen LogP contribution in [0.15, 0.2) is 60.7 Å². The molecule has 1 nitrogen and oxygen atoms in total. The first kappa shape index (κ1) is 14.0. The summed E-state index contributed by atoms with van der Waals surface area (Å²) in [5.41, 5.74) is 2.65. The lowest BCUT2D eigenvalue weighted by atomic mass is 9.98.